The lowest BCUT2D eigenvalue weighted by molar-refractivity contribution is -0.123. The third-order valence-electron chi connectivity index (χ3n) is 3.43. The molecule has 1 aliphatic heterocycles. The first-order valence-corrected chi connectivity index (χ1v) is 6.72. The molecule has 1 amide bonds. The molecule has 0 aromatic heterocycles. The Morgan fingerprint density at radius 3 is 3.12 bits per heavy atom. The van der Waals surface area contributed by atoms with Crippen molar-refractivity contribution in [1.82, 2.24) is 15.5 Å². The normalized spacial score (nSPS) is 26.5. The van der Waals surface area contributed by atoms with Gasteiger partial charge in [0.05, 0.1) is 6.54 Å². The Morgan fingerprint density at radius 2 is 2.29 bits per heavy atom. The number of carbonyl (C=O) groups excluding carboxylic acids is 1. The molecule has 0 saturated carbocycles. The summed E-state index contributed by atoms with van der Waals surface area (Å²) in [4.78, 5) is 14.1. The van der Waals surface area contributed by atoms with Crippen LogP contribution in [0.25, 0.3) is 0 Å². The van der Waals surface area contributed by atoms with Gasteiger partial charge in [0.2, 0.25) is 5.91 Å². The minimum atomic E-state index is 0.187. The zero-order chi connectivity index (χ0) is 11.9. The van der Waals surface area contributed by atoms with Crippen molar-refractivity contribution in [3.8, 4) is 0 Å². The number of hydrogen-bond acceptors (Lipinski definition) is 3. The summed E-state index contributed by atoms with van der Waals surface area (Å²) in [7, 11) is 0. The highest BCUT2D eigenvalue weighted by atomic mass is 16.2. The number of nitrogens with zero attached hydrogens (tertiary/aromatic N) is 1. The molecule has 0 spiro atoms. The molecule has 1 aliphatic carbocycles. The summed E-state index contributed by atoms with van der Waals surface area (Å²) >= 11 is 0. The van der Waals surface area contributed by atoms with Crippen molar-refractivity contribution < 1.29 is 4.79 Å². The minimum absolute atomic E-state index is 0.187. The van der Waals surface area contributed by atoms with E-state index in [0.29, 0.717) is 12.6 Å². The van der Waals surface area contributed by atoms with Gasteiger partial charge in [-0.3, -0.25) is 9.69 Å². The van der Waals surface area contributed by atoms with Crippen LogP contribution in [-0.4, -0.2) is 49.6 Å². The molecule has 1 unspecified atom stereocenters. The highest BCUT2D eigenvalue weighted by Crippen LogP contribution is 2.10. The van der Waals surface area contributed by atoms with E-state index in [1.54, 1.807) is 0 Å². The number of rotatable bonds is 3. The molecule has 1 atom stereocenters. The molecule has 2 aliphatic rings. The molecule has 4 nitrogen and oxygen atoms in total. The molecule has 4 heteroatoms. The van der Waals surface area contributed by atoms with Crippen molar-refractivity contribution in [2.45, 2.75) is 31.7 Å². The molecule has 1 fully saturated rings. The molecular weight excluding hydrogens is 214 g/mol. The van der Waals surface area contributed by atoms with Crippen LogP contribution in [0, 0.1) is 0 Å². The van der Waals surface area contributed by atoms with Gasteiger partial charge in [0.1, 0.15) is 0 Å². The molecule has 17 heavy (non-hydrogen) atoms. The van der Waals surface area contributed by atoms with Gasteiger partial charge in [-0.15, -0.1) is 0 Å². The predicted molar refractivity (Wildman–Crippen MR) is 68.8 cm³/mol. The molecule has 1 heterocycles. The van der Waals surface area contributed by atoms with Crippen LogP contribution in [0.4, 0.5) is 0 Å². The SMILES string of the molecule is O=C(CN1CCCNCC1)NC1CC=CCC1. The van der Waals surface area contributed by atoms with Gasteiger partial charge in [-0.1, -0.05) is 12.2 Å². The van der Waals surface area contributed by atoms with Crippen molar-refractivity contribution in [2.24, 2.45) is 0 Å². The smallest absolute Gasteiger partial charge is 0.234 e. The molecule has 2 rings (SSSR count). The van der Waals surface area contributed by atoms with Crippen molar-refractivity contribution in [3.63, 3.8) is 0 Å². The first-order valence-electron chi connectivity index (χ1n) is 6.72. The highest BCUT2D eigenvalue weighted by molar-refractivity contribution is 5.78. The van der Waals surface area contributed by atoms with E-state index in [4.69, 9.17) is 0 Å². The second-order valence-corrected chi connectivity index (χ2v) is 4.93. The quantitative estimate of drug-likeness (QED) is 0.703. The minimum Gasteiger partial charge on any atom is -0.352 e. The van der Waals surface area contributed by atoms with E-state index in [1.165, 1.54) is 0 Å². The van der Waals surface area contributed by atoms with Crippen LogP contribution < -0.4 is 10.6 Å². The Labute approximate surface area is 103 Å². The Balaban J connectivity index is 1.70. The van der Waals surface area contributed by atoms with Gasteiger partial charge < -0.3 is 10.6 Å². The number of hydrogen-bond donors (Lipinski definition) is 2. The third-order valence-corrected chi connectivity index (χ3v) is 3.43. The van der Waals surface area contributed by atoms with E-state index >= 15 is 0 Å². The van der Waals surface area contributed by atoms with Gasteiger partial charge in [-0.2, -0.15) is 0 Å². The first kappa shape index (κ1) is 12.6. The van der Waals surface area contributed by atoms with Gasteiger partial charge in [-0.05, 0) is 38.8 Å². The van der Waals surface area contributed by atoms with Crippen LogP contribution in [0.2, 0.25) is 0 Å². The van der Waals surface area contributed by atoms with E-state index in [1.807, 2.05) is 0 Å². The van der Waals surface area contributed by atoms with Crippen molar-refractivity contribution >= 4 is 5.91 Å². The number of carbonyl (C=O) groups is 1. The summed E-state index contributed by atoms with van der Waals surface area (Å²) in [5, 5.41) is 6.48. The van der Waals surface area contributed by atoms with Crippen molar-refractivity contribution in [3.05, 3.63) is 12.2 Å². The average Bonchev–Trinajstić information content (AvgIpc) is 2.59. The lowest BCUT2D eigenvalue weighted by Gasteiger charge is -2.23. The van der Waals surface area contributed by atoms with Crippen molar-refractivity contribution in [2.75, 3.05) is 32.7 Å². The van der Waals surface area contributed by atoms with E-state index in [0.717, 1.165) is 51.9 Å². The fourth-order valence-corrected chi connectivity index (χ4v) is 2.46. The van der Waals surface area contributed by atoms with Crippen molar-refractivity contribution in [1.29, 1.82) is 0 Å². The summed E-state index contributed by atoms with van der Waals surface area (Å²) in [6, 6.07) is 0.359. The van der Waals surface area contributed by atoms with Gasteiger partial charge in [0.25, 0.3) is 0 Å². The standard InChI is InChI=1S/C13H23N3O/c17-13(15-12-5-2-1-3-6-12)11-16-9-4-7-14-8-10-16/h1-2,12,14H,3-11H2,(H,15,17). The second-order valence-electron chi connectivity index (χ2n) is 4.93. The second kappa shape index (κ2) is 6.77. The van der Waals surface area contributed by atoms with Crippen LogP contribution in [0.5, 0.6) is 0 Å². The summed E-state index contributed by atoms with van der Waals surface area (Å²) in [6.07, 6.45) is 8.68. The van der Waals surface area contributed by atoms with Gasteiger partial charge in [0.15, 0.2) is 0 Å². The van der Waals surface area contributed by atoms with Gasteiger partial charge >= 0.3 is 0 Å². The largest absolute Gasteiger partial charge is 0.352 e. The van der Waals surface area contributed by atoms with E-state index in [-0.39, 0.29) is 5.91 Å². The lowest BCUT2D eigenvalue weighted by atomic mass is 10.0. The molecule has 0 aromatic rings. The topological polar surface area (TPSA) is 44.4 Å². The zero-order valence-corrected chi connectivity index (χ0v) is 10.5. The summed E-state index contributed by atoms with van der Waals surface area (Å²) in [5.74, 6) is 0.187. The molecular formula is C13H23N3O. The van der Waals surface area contributed by atoms with Crippen LogP contribution in [0.3, 0.4) is 0 Å². The number of allylic oxidation sites excluding steroid dienone is 1. The van der Waals surface area contributed by atoms with Crippen LogP contribution >= 0.6 is 0 Å². The van der Waals surface area contributed by atoms with Crippen LogP contribution in [0.15, 0.2) is 12.2 Å². The zero-order valence-electron chi connectivity index (χ0n) is 10.5. The fraction of sp³-hybridized carbons (Fsp3) is 0.769. The van der Waals surface area contributed by atoms with Gasteiger partial charge in [0, 0.05) is 19.1 Å². The lowest BCUT2D eigenvalue weighted by Crippen LogP contribution is -2.43. The maximum absolute atomic E-state index is 11.9. The highest BCUT2D eigenvalue weighted by Gasteiger charge is 2.16. The number of amides is 1. The Morgan fingerprint density at radius 1 is 1.35 bits per heavy atom. The summed E-state index contributed by atoms with van der Waals surface area (Å²) in [5.41, 5.74) is 0. The molecule has 1 saturated heterocycles. The van der Waals surface area contributed by atoms with E-state index in [2.05, 4.69) is 27.7 Å². The maximum Gasteiger partial charge on any atom is 0.234 e. The monoisotopic (exact) mass is 237 g/mol. The maximum atomic E-state index is 11.9. The predicted octanol–water partition coefficient (Wildman–Crippen LogP) is 0.507. The van der Waals surface area contributed by atoms with Crippen LogP contribution in [0.1, 0.15) is 25.7 Å². The van der Waals surface area contributed by atoms with E-state index in [9.17, 15) is 4.79 Å². The Kier molecular flexibility index (Phi) is 5.01. The first-order chi connectivity index (χ1) is 8.34. The van der Waals surface area contributed by atoms with Gasteiger partial charge in [-0.25, -0.2) is 0 Å². The fourth-order valence-electron chi connectivity index (χ4n) is 2.46. The summed E-state index contributed by atoms with van der Waals surface area (Å²) in [6.45, 7) is 4.65. The number of nitrogens with one attached hydrogen (secondary N) is 2. The Bertz CT molecular complexity index is 270. The third kappa shape index (κ3) is 4.48. The molecule has 0 bridgehead atoms. The molecule has 0 radical (unpaired) electrons. The van der Waals surface area contributed by atoms with E-state index < -0.39 is 0 Å². The Hall–Kier alpha value is -0.870. The summed E-state index contributed by atoms with van der Waals surface area (Å²) < 4.78 is 0. The van der Waals surface area contributed by atoms with Crippen LogP contribution in [-0.2, 0) is 4.79 Å². The molecule has 2 N–H and O–H groups in total. The molecule has 96 valence electrons. The average molecular weight is 237 g/mol. The molecule has 0 aromatic carbocycles.